The van der Waals surface area contributed by atoms with E-state index in [1.165, 1.54) is 0 Å². The number of fused-ring (bicyclic) bond motifs is 1. The second-order valence-electron chi connectivity index (χ2n) is 8.41. The predicted molar refractivity (Wildman–Crippen MR) is 136 cm³/mol. The summed E-state index contributed by atoms with van der Waals surface area (Å²) < 4.78 is 0. The van der Waals surface area contributed by atoms with Gasteiger partial charge in [0, 0.05) is 12.0 Å². The fourth-order valence-corrected chi connectivity index (χ4v) is 4.12. The minimum absolute atomic E-state index is 0.0293. The molecule has 0 aliphatic rings. The molecule has 182 valence electrons. The molecule has 0 radical (unpaired) electrons. The zero-order chi connectivity index (χ0) is 25.5. The second kappa shape index (κ2) is 11.3. The van der Waals surface area contributed by atoms with Crippen molar-refractivity contribution in [1.29, 1.82) is 0 Å². The third kappa shape index (κ3) is 5.76. The number of hydrogen-bond donors (Lipinski definition) is 4. The first-order chi connectivity index (χ1) is 17.4. The third-order valence-corrected chi connectivity index (χ3v) is 5.98. The Bertz CT molecular complexity index is 1350. The van der Waals surface area contributed by atoms with E-state index in [1.807, 2.05) is 42.5 Å². The SMILES string of the molecule is O=C(N[C@@H](c1ccccc1)[C@@H](O)C(=O)N[C@@H](Cc1cccc2ccccc12)C(=O)O)c1ccccc1. The van der Waals surface area contributed by atoms with Gasteiger partial charge in [-0.1, -0.05) is 91.0 Å². The van der Waals surface area contributed by atoms with Gasteiger partial charge in [0.1, 0.15) is 6.04 Å². The quantitative estimate of drug-likeness (QED) is 0.292. The Labute approximate surface area is 208 Å². The number of hydrogen-bond acceptors (Lipinski definition) is 4. The molecule has 0 bridgehead atoms. The number of nitrogens with one attached hydrogen (secondary N) is 2. The smallest absolute Gasteiger partial charge is 0.326 e. The maximum atomic E-state index is 13.1. The van der Waals surface area contributed by atoms with Gasteiger partial charge in [-0.15, -0.1) is 0 Å². The Balaban J connectivity index is 1.55. The molecule has 4 N–H and O–H groups in total. The standard InChI is InChI=1S/C29H26N2O5/c32-26(25(20-11-3-1-4-12-20)31-27(33)21-13-5-2-6-14-21)28(34)30-24(29(35)36)18-22-16-9-15-19-10-7-8-17-23(19)22/h1-17,24-26,32H,18H2,(H,30,34)(H,31,33)(H,35,36)/t24-,25-,26+/m0/s1. The van der Waals surface area contributed by atoms with Crippen molar-refractivity contribution in [3.8, 4) is 0 Å². The van der Waals surface area contributed by atoms with Crippen LogP contribution in [-0.2, 0) is 16.0 Å². The van der Waals surface area contributed by atoms with Crippen molar-refractivity contribution < 1.29 is 24.6 Å². The van der Waals surface area contributed by atoms with E-state index >= 15 is 0 Å². The molecule has 36 heavy (non-hydrogen) atoms. The maximum Gasteiger partial charge on any atom is 0.326 e. The van der Waals surface area contributed by atoms with Gasteiger partial charge in [-0.3, -0.25) is 9.59 Å². The van der Waals surface area contributed by atoms with Crippen LogP contribution in [0.25, 0.3) is 10.8 Å². The summed E-state index contributed by atoms with van der Waals surface area (Å²) in [4.78, 5) is 37.9. The third-order valence-electron chi connectivity index (χ3n) is 5.98. The van der Waals surface area contributed by atoms with Crippen LogP contribution < -0.4 is 10.6 Å². The number of benzene rings is 4. The van der Waals surface area contributed by atoms with Crippen molar-refractivity contribution in [3.63, 3.8) is 0 Å². The molecule has 4 rings (SSSR count). The molecule has 4 aromatic carbocycles. The lowest BCUT2D eigenvalue weighted by atomic mass is 9.97. The van der Waals surface area contributed by atoms with Crippen LogP contribution in [-0.4, -0.2) is 40.1 Å². The summed E-state index contributed by atoms with van der Waals surface area (Å²) in [6.07, 6.45) is -1.70. The maximum absolute atomic E-state index is 13.1. The minimum atomic E-state index is -1.73. The van der Waals surface area contributed by atoms with Crippen molar-refractivity contribution in [2.75, 3.05) is 0 Å². The summed E-state index contributed by atoms with van der Waals surface area (Å²) in [6.45, 7) is 0. The lowest BCUT2D eigenvalue weighted by Gasteiger charge is -2.25. The van der Waals surface area contributed by atoms with Gasteiger partial charge in [-0.2, -0.15) is 0 Å². The number of carbonyl (C=O) groups is 3. The molecule has 3 atom stereocenters. The zero-order valence-electron chi connectivity index (χ0n) is 19.4. The highest BCUT2D eigenvalue weighted by atomic mass is 16.4. The van der Waals surface area contributed by atoms with E-state index in [-0.39, 0.29) is 6.42 Å². The lowest BCUT2D eigenvalue weighted by Crippen LogP contribution is -2.50. The number of carbonyl (C=O) groups excluding carboxylic acids is 2. The summed E-state index contributed by atoms with van der Waals surface area (Å²) in [6, 6.07) is 27.8. The summed E-state index contributed by atoms with van der Waals surface area (Å²) in [5, 5.41) is 27.8. The van der Waals surface area contributed by atoms with Crippen LogP contribution in [0.3, 0.4) is 0 Å². The lowest BCUT2D eigenvalue weighted by molar-refractivity contribution is -0.143. The first kappa shape index (κ1) is 24.6. The molecule has 0 aromatic heterocycles. The Hall–Kier alpha value is -4.49. The molecule has 7 heteroatoms. The van der Waals surface area contributed by atoms with Crippen LogP contribution in [0.4, 0.5) is 0 Å². The second-order valence-corrected chi connectivity index (χ2v) is 8.41. The molecule has 0 spiro atoms. The highest BCUT2D eigenvalue weighted by molar-refractivity contribution is 5.95. The van der Waals surface area contributed by atoms with Crippen LogP contribution in [0, 0.1) is 0 Å². The van der Waals surface area contributed by atoms with Gasteiger partial charge < -0.3 is 20.8 Å². The van der Waals surface area contributed by atoms with E-state index in [2.05, 4.69) is 10.6 Å². The minimum Gasteiger partial charge on any atom is -0.480 e. The van der Waals surface area contributed by atoms with Crippen LogP contribution >= 0.6 is 0 Å². The highest BCUT2D eigenvalue weighted by Gasteiger charge is 2.32. The average Bonchev–Trinajstić information content (AvgIpc) is 2.91. The zero-order valence-corrected chi connectivity index (χ0v) is 19.4. The van der Waals surface area contributed by atoms with E-state index in [0.717, 1.165) is 16.3 Å². The van der Waals surface area contributed by atoms with Crippen LogP contribution in [0.1, 0.15) is 27.5 Å². The molecule has 0 fully saturated rings. The highest BCUT2D eigenvalue weighted by Crippen LogP contribution is 2.21. The first-order valence-electron chi connectivity index (χ1n) is 11.5. The van der Waals surface area contributed by atoms with Crippen molar-refractivity contribution >= 4 is 28.6 Å². The van der Waals surface area contributed by atoms with E-state index in [1.54, 1.807) is 60.7 Å². The first-order valence-corrected chi connectivity index (χ1v) is 11.5. The molecule has 4 aromatic rings. The summed E-state index contributed by atoms with van der Waals surface area (Å²) in [5.41, 5.74) is 1.63. The molecule has 7 nitrogen and oxygen atoms in total. The normalized spacial score (nSPS) is 13.4. The Kier molecular flexibility index (Phi) is 7.72. The number of aliphatic hydroxyl groups excluding tert-OH is 1. The van der Waals surface area contributed by atoms with Crippen molar-refractivity contribution in [3.05, 3.63) is 120 Å². The number of aliphatic carboxylic acids is 1. The Morgan fingerprint density at radius 2 is 1.33 bits per heavy atom. The fraction of sp³-hybridized carbons (Fsp3) is 0.138. The molecule has 0 saturated carbocycles. The summed E-state index contributed by atoms with van der Waals surface area (Å²) >= 11 is 0. The molecule has 0 aliphatic heterocycles. The molecule has 2 amide bonds. The topological polar surface area (TPSA) is 116 Å². The van der Waals surface area contributed by atoms with Crippen molar-refractivity contribution in [2.45, 2.75) is 24.6 Å². The van der Waals surface area contributed by atoms with Crippen LogP contribution in [0.5, 0.6) is 0 Å². The van der Waals surface area contributed by atoms with Crippen molar-refractivity contribution in [2.24, 2.45) is 0 Å². The molecular weight excluding hydrogens is 456 g/mol. The monoisotopic (exact) mass is 482 g/mol. The summed E-state index contributed by atoms with van der Waals surface area (Å²) in [7, 11) is 0. The summed E-state index contributed by atoms with van der Waals surface area (Å²) in [5.74, 6) is -2.60. The van der Waals surface area contributed by atoms with Gasteiger partial charge >= 0.3 is 5.97 Å². The van der Waals surface area contributed by atoms with Gasteiger partial charge in [0.2, 0.25) is 0 Å². The van der Waals surface area contributed by atoms with E-state index in [0.29, 0.717) is 11.1 Å². The number of carboxylic acids is 1. The predicted octanol–water partition coefficient (Wildman–Crippen LogP) is 3.48. The van der Waals surface area contributed by atoms with Crippen LogP contribution in [0.2, 0.25) is 0 Å². The largest absolute Gasteiger partial charge is 0.480 e. The van der Waals surface area contributed by atoms with E-state index in [4.69, 9.17) is 0 Å². The van der Waals surface area contributed by atoms with Gasteiger partial charge in [-0.25, -0.2) is 4.79 Å². The Morgan fingerprint density at radius 1 is 0.722 bits per heavy atom. The molecule has 0 aliphatic carbocycles. The Morgan fingerprint density at radius 3 is 2.03 bits per heavy atom. The van der Waals surface area contributed by atoms with Gasteiger partial charge in [0.15, 0.2) is 6.10 Å². The molecule has 0 unspecified atom stereocenters. The van der Waals surface area contributed by atoms with Crippen molar-refractivity contribution in [1.82, 2.24) is 10.6 Å². The molecule has 0 heterocycles. The van der Waals surface area contributed by atoms with E-state index < -0.39 is 36.0 Å². The number of amides is 2. The number of carboxylic acid groups (broad SMARTS) is 1. The molecule has 0 saturated heterocycles. The van der Waals surface area contributed by atoms with Crippen LogP contribution in [0.15, 0.2) is 103 Å². The average molecular weight is 483 g/mol. The van der Waals surface area contributed by atoms with E-state index in [9.17, 15) is 24.6 Å². The van der Waals surface area contributed by atoms with Gasteiger partial charge in [-0.05, 0) is 34.0 Å². The fourth-order valence-electron chi connectivity index (χ4n) is 4.12. The van der Waals surface area contributed by atoms with Gasteiger partial charge in [0.05, 0.1) is 6.04 Å². The van der Waals surface area contributed by atoms with Gasteiger partial charge in [0.25, 0.3) is 11.8 Å². The number of aliphatic hydroxyl groups is 1. The number of rotatable bonds is 9. The molecular formula is C29H26N2O5.